The Morgan fingerprint density at radius 1 is 1.26 bits per heavy atom. The zero-order valence-corrected chi connectivity index (χ0v) is 12.7. The van der Waals surface area contributed by atoms with Crippen LogP contribution in [0.4, 0.5) is 0 Å². The standard InChI is InChI=1S/C15H31NO3/c1-4-13-7-5-6-8-15(13)16-9-14(17)11-19-12(2)10-18-3/h12-17H,4-11H2,1-3H3. The van der Waals surface area contributed by atoms with E-state index in [0.717, 1.165) is 5.92 Å². The molecule has 1 rings (SSSR count). The van der Waals surface area contributed by atoms with Gasteiger partial charge in [0.2, 0.25) is 0 Å². The van der Waals surface area contributed by atoms with E-state index in [4.69, 9.17) is 9.47 Å². The highest BCUT2D eigenvalue weighted by molar-refractivity contribution is 4.80. The molecular weight excluding hydrogens is 242 g/mol. The second-order valence-corrected chi connectivity index (χ2v) is 5.72. The Balaban J connectivity index is 2.16. The van der Waals surface area contributed by atoms with Crippen LogP contribution in [0.2, 0.25) is 0 Å². The fourth-order valence-electron chi connectivity index (χ4n) is 2.87. The second kappa shape index (κ2) is 9.70. The number of hydrogen-bond acceptors (Lipinski definition) is 4. The van der Waals surface area contributed by atoms with Gasteiger partial charge < -0.3 is 19.9 Å². The first-order valence-electron chi connectivity index (χ1n) is 7.69. The summed E-state index contributed by atoms with van der Waals surface area (Å²) in [5.41, 5.74) is 0. The monoisotopic (exact) mass is 273 g/mol. The number of hydrogen-bond donors (Lipinski definition) is 2. The molecule has 0 bridgehead atoms. The summed E-state index contributed by atoms with van der Waals surface area (Å²) in [6, 6.07) is 0.574. The van der Waals surface area contributed by atoms with Crippen molar-refractivity contribution < 1.29 is 14.6 Å². The highest BCUT2D eigenvalue weighted by Crippen LogP contribution is 2.26. The van der Waals surface area contributed by atoms with Crippen LogP contribution in [0, 0.1) is 5.92 Å². The Hall–Kier alpha value is -0.160. The molecular formula is C15H31NO3. The van der Waals surface area contributed by atoms with E-state index in [9.17, 15) is 5.11 Å². The van der Waals surface area contributed by atoms with Crippen molar-refractivity contribution in [2.24, 2.45) is 5.92 Å². The third-order valence-corrected chi connectivity index (χ3v) is 4.02. The molecule has 4 atom stereocenters. The van der Waals surface area contributed by atoms with Gasteiger partial charge in [-0.3, -0.25) is 0 Å². The average Bonchev–Trinajstić information content (AvgIpc) is 2.43. The van der Waals surface area contributed by atoms with E-state index in [1.54, 1.807) is 7.11 Å². The number of rotatable bonds is 9. The molecule has 1 aliphatic rings. The SMILES string of the molecule is CCC1CCCCC1NCC(O)COC(C)COC. The minimum absolute atomic E-state index is 0.0396. The predicted molar refractivity (Wildman–Crippen MR) is 77.3 cm³/mol. The summed E-state index contributed by atoms with van der Waals surface area (Å²) in [5, 5.41) is 13.4. The van der Waals surface area contributed by atoms with Gasteiger partial charge in [0.15, 0.2) is 0 Å². The summed E-state index contributed by atoms with van der Waals surface area (Å²) in [7, 11) is 1.66. The molecule has 0 spiro atoms. The van der Waals surface area contributed by atoms with Crippen molar-refractivity contribution in [3.05, 3.63) is 0 Å². The van der Waals surface area contributed by atoms with Gasteiger partial charge in [-0.2, -0.15) is 0 Å². The minimum atomic E-state index is -0.432. The maximum absolute atomic E-state index is 9.93. The third-order valence-electron chi connectivity index (χ3n) is 4.02. The zero-order chi connectivity index (χ0) is 14.1. The molecule has 1 fully saturated rings. The van der Waals surface area contributed by atoms with E-state index in [-0.39, 0.29) is 6.10 Å². The van der Waals surface area contributed by atoms with Crippen LogP contribution in [0.25, 0.3) is 0 Å². The van der Waals surface area contributed by atoms with E-state index in [0.29, 0.717) is 25.8 Å². The first-order valence-corrected chi connectivity index (χ1v) is 7.69. The van der Waals surface area contributed by atoms with Gasteiger partial charge in [-0.15, -0.1) is 0 Å². The zero-order valence-electron chi connectivity index (χ0n) is 12.7. The Bertz CT molecular complexity index is 225. The van der Waals surface area contributed by atoms with Crippen molar-refractivity contribution in [3.63, 3.8) is 0 Å². The summed E-state index contributed by atoms with van der Waals surface area (Å²) in [6.07, 6.45) is 6.08. The molecule has 0 heterocycles. The van der Waals surface area contributed by atoms with Gasteiger partial charge in [-0.1, -0.05) is 26.2 Å². The molecule has 0 amide bonds. The van der Waals surface area contributed by atoms with Crippen LogP contribution in [0.3, 0.4) is 0 Å². The van der Waals surface area contributed by atoms with Crippen LogP contribution in [-0.4, -0.2) is 50.2 Å². The van der Waals surface area contributed by atoms with Crippen LogP contribution in [-0.2, 0) is 9.47 Å². The van der Waals surface area contributed by atoms with Crippen molar-refractivity contribution in [1.82, 2.24) is 5.32 Å². The summed E-state index contributed by atoms with van der Waals surface area (Å²) in [5.74, 6) is 0.772. The molecule has 4 nitrogen and oxygen atoms in total. The van der Waals surface area contributed by atoms with Crippen molar-refractivity contribution in [2.45, 2.75) is 64.2 Å². The molecule has 114 valence electrons. The lowest BCUT2D eigenvalue weighted by atomic mass is 9.83. The normalized spacial score (nSPS) is 27.2. The fraction of sp³-hybridized carbons (Fsp3) is 1.00. The lowest BCUT2D eigenvalue weighted by molar-refractivity contribution is -0.0322. The van der Waals surface area contributed by atoms with Gasteiger partial charge in [-0.05, 0) is 25.7 Å². The van der Waals surface area contributed by atoms with Crippen LogP contribution in [0.15, 0.2) is 0 Å². The molecule has 19 heavy (non-hydrogen) atoms. The van der Waals surface area contributed by atoms with Crippen molar-refractivity contribution in [1.29, 1.82) is 0 Å². The summed E-state index contributed by atoms with van der Waals surface area (Å²) < 4.78 is 10.5. The van der Waals surface area contributed by atoms with Gasteiger partial charge in [0.25, 0.3) is 0 Å². The lowest BCUT2D eigenvalue weighted by Gasteiger charge is -2.32. The molecule has 1 aliphatic carbocycles. The lowest BCUT2D eigenvalue weighted by Crippen LogP contribution is -2.43. The predicted octanol–water partition coefficient (Wildman–Crippen LogP) is 1.96. The van der Waals surface area contributed by atoms with Crippen molar-refractivity contribution >= 4 is 0 Å². The van der Waals surface area contributed by atoms with Gasteiger partial charge in [0.05, 0.1) is 25.4 Å². The van der Waals surface area contributed by atoms with Crippen molar-refractivity contribution in [2.75, 3.05) is 26.9 Å². The molecule has 0 radical (unpaired) electrons. The van der Waals surface area contributed by atoms with Crippen molar-refractivity contribution in [3.8, 4) is 0 Å². The van der Waals surface area contributed by atoms with Crippen LogP contribution in [0.5, 0.6) is 0 Å². The molecule has 0 saturated heterocycles. The minimum Gasteiger partial charge on any atom is -0.389 e. The Labute approximate surface area is 117 Å². The van der Waals surface area contributed by atoms with E-state index in [2.05, 4.69) is 12.2 Å². The number of methoxy groups -OCH3 is 1. The number of aliphatic hydroxyl groups is 1. The highest BCUT2D eigenvalue weighted by atomic mass is 16.5. The largest absolute Gasteiger partial charge is 0.389 e. The van der Waals surface area contributed by atoms with Gasteiger partial charge in [0.1, 0.15) is 0 Å². The number of nitrogens with one attached hydrogen (secondary N) is 1. The first-order chi connectivity index (χ1) is 9.17. The number of aliphatic hydroxyl groups excluding tert-OH is 1. The Morgan fingerprint density at radius 2 is 2.00 bits per heavy atom. The summed E-state index contributed by atoms with van der Waals surface area (Å²) >= 11 is 0. The summed E-state index contributed by atoms with van der Waals surface area (Å²) in [6.45, 7) is 5.79. The van der Waals surface area contributed by atoms with Gasteiger partial charge >= 0.3 is 0 Å². The molecule has 2 N–H and O–H groups in total. The molecule has 0 aromatic rings. The topological polar surface area (TPSA) is 50.7 Å². The van der Waals surface area contributed by atoms with Gasteiger partial charge in [0, 0.05) is 19.7 Å². The smallest absolute Gasteiger partial charge is 0.0897 e. The Kier molecular flexibility index (Phi) is 8.62. The van der Waals surface area contributed by atoms with E-state index in [1.165, 1.54) is 32.1 Å². The maximum Gasteiger partial charge on any atom is 0.0897 e. The molecule has 1 saturated carbocycles. The molecule has 4 unspecified atom stereocenters. The van der Waals surface area contributed by atoms with Crippen LogP contribution >= 0.6 is 0 Å². The molecule has 0 aromatic heterocycles. The first kappa shape index (κ1) is 16.9. The quantitative estimate of drug-likeness (QED) is 0.674. The highest BCUT2D eigenvalue weighted by Gasteiger charge is 2.23. The van der Waals surface area contributed by atoms with E-state index in [1.807, 2.05) is 6.92 Å². The third kappa shape index (κ3) is 6.70. The van der Waals surface area contributed by atoms with Crippen LogP contribution < -0.4 is 5.32 Å². The second-order valence-electron chi connectivity index (χ2n) is 5.72. The molecule has 0 aliphatic heterocycles. The summed E-state index contributed by atoms with van der Waals surface area (Å²) in [4.78, 5) is 0. The molecule has 4 heteroatoms. The average molecular weight is 273 g/mol. The van der Waals surface area contributed by atoms with E-state index >= 15 is 0 Å². The fourth-order valence-corrected chi connectivity index (χ4v) is 2.87. The number of ether oxygens (including phenoxy) is 2. The maximum atomic E-state index is 9.93. The Morgan fingerprint density at radius 3 is 2.68 bits per heavy atom. The van der Waals surface area contributed by atoms with E-state index < -0.39 is 6.10 Å². The molecule has 0 aromatic carbocycles. The van der Waals surface area contributed by atoms with Gasteiger partial charge in [-0.25, -0.2) is 0 Å². The van der Waals surface area contributed by atoms with Crippen LogP contribution in [0.1, 0.15) is 46.0 Å².